The van der Waals surface area contributed by atoms with Crippen LogP contribution in [0.15, 0.2) is 5.10 Å². The van der Waals surface area contributed by atoms with Crippen molar-refractivity contribution in [2.24, 2.45) is 11.0 Å². The molecule has 0 aliphatic heterocycles. The van der Waals surface area contributed by atoms with Crippen molar-refractivity contribution < 1.29 is 0 Å². The summed E-state index contributed by atoms with van der Waals surface area (Å²) in [5.41, 5.74) is 0. The zero-order valence-corrected chi connectivity index (χ0v) is 9.13. The highest BCUT2D eigenvalue weighted by atomic mass is 15.3. The molecule has 0 spiro atoms. The fourth-order valence-corrected chi connectivity index (χ4v) is 0.709. The van der Waals surface area contributed by atoms with Gasteiger partial charge in [0.2, 0.25) is 0 Å². The van der Waals surface area contributed by atoms with Gasteiger partial charge in [-0.25, -0.2) is 0 Å². The summed E-state index contributed by atoms with van der Waals surface area (Å²) < 4.78 is 0. The minimum atomic E-state index is 0.373. The van der Waals surface area contributed by atoms with Crippen LogP contribution in [-0.2, 0) is 0 Å². The summed E-state index contributed by atoms with van der Waals surface area (Å²) >= 11 is 0. The third-order valence-electron chi connectivity index (χ3n) is 1.29. The maximum Gasteiger partial charge on any atom is 0.280 e. The smallest absolute Gasteiger partial charge is 0.280 e. The Morgan fingerprint density at radius 1 is 1.57 bits per heavy atom. The summed E-state index contributed by atoms with van der Waals surface area (Å²) in [6, 6.07) is 0. The molecule has 0 fully saturated rings. The van der Waals surface area contributed by atoms with Gasteiger partial charge in [0, 0.05) is 20.0 Å². The van der Waals surface area contributed by atoms with Gasteiger partial charge in [0.15, 0.2) is 0 Å². The van der Waals surface area contributed by atoms with Crippen LogP contribution >= 0.6 is 0 Å². The van der Waals surface area contributed by atoms with Gasteiger partial charge < -0.3 is 10.2 Å². The van der Waals surface area contributed by atoms with E-state index in [4.69, 9.17) is 6.57 Å². The van der Waals surface area contributed by atoms with Crippen molar-refractivity contribution in [3.8, 4) is 11.8 Å². The first-order valence-corrected chi connectivity index (χ1v) is 4.42. The molecule has 0 saturated heterocycles. The topological polar surface area (TPSA) is 32.0 Å². The van der Waals surface area contributed by atoms with Crippen molar-refractivity contribution in [2.75, 3.05) is 20.6 Å². The molecule has 4 nitrogen and oxygen atoms in total. The van der Waals surface area contributed by atoms with E-state index in [-0.39, 0.29) is 0 Å². The molecule has 0 saturated carbocycles. The van der Waals surface area contributed by atoms with Crippen LogP contribution in [0.25, 0.3) is 4.95 Å². The monoisotopic (exact) mass is 192 g/mol. The second-order valence-corrected chi connectivity index (χ2v) is 3.25. The average Bonchev–Trinajstić information content (AvgIpc) is 2.09. The van der Waals surface area contributed by atoms with E-state index >= 15 is 0 Å². The molecule has 0 aliphatic rings. The summed E-state index contributed by atoms with van der Waals surface area (Å²) in [7, 11) is 3.65. The average molecular weight is 192 g/mol. The van der Waals surface area contributed by atoms with Gasteiger partial charge in [-0.1, -0.05) is 25.7 Å². The highest BCUT2D eigenvalue weighted by Gasteiger charge is 2.01. The molecule has 0 rings (SSSR count). The van der Waals surface area contributed by atoms with Crippen molar-refractivity contribution >= 4 is 5.96 Å². The van der Waals surface area contributed by atoms with Crippen LogP contribution in [-0.4, -0.2) is 31.5 Å². The van der Waals surface area contributed by atoms with E-state index in [2.05, 4.69) is 27.2 Å². The number of nitrogens with one attached hydrogen (secondary N) is 1. The quantitative estimate of drug-likeness (QED) is 0.221. The lowest BCUT2D eigenvalue weighted by molar-refractivity contribution is 0.593. The molecule has 0 bridgehead atoms. The Balaban J connectivity index is 4.06. The van der Waals surface area contributed by atoms with Gasteiger partial charge in [0.1, 0.15) is 5.10 Å². The Labute approximate surface area is 85.8 Å². The molecule has 0 aromatic carbocycles. The predicted molar refractivity (Wildman–Crippen MR) is 58.3 cm³/mol. The van der Waals surface area contributed by atoms with Crippen molar-refractivity contribution in [1.82, 2.24) is 10.2 Å². The lowest BCUT2D eigenvalue weighted by Gasteiger charge is -2.11. The number of hydrogen-bond acceptors (Lipinski definition) is 1. The van der Waals surface area contributed by atoms with Crippen molar-refractivity contribution in [1.29, 1.82) is 0 Å². The van der Waals surface area contributed by atoms with E-state index in [9.17, 15) is 0 Å². The van der Waals surface area contributed by atoms with E-state index < -0.39 is 0 Å². The zero-order valence-electron chi connectivity index (χ0n) is 9.13. The molecule has 0 atom stereocenters. The Hall–Kier alpha value is -1.68. The highest BCUT2D eigenvalue weighted by molar-refractivity contribution is 5.79. The predicted octanol–water partition coefficient (Wildman–Crippen LogP) is 0.987. The van der Waals surface area contributed by atoms with Gasteiger partial charge in [0.25, 0.3) is 5.96 Å². The molecule has 0 heterocycles. The van der Waals surface area contributed by atoms with Gasteiger partial charge in [-0.15, -0.1) is 4.95 Å². The summed E-state index contributed by atoms with van der Waals surface area (Å²) in [6.07, 6.45) is 0. The molecule has 0 aliphatic carbocycles. The van der Waals surface area contributed by atoms with Gasteiger partial charge >= 0.3 is 0 Å². The molecule has 76 valence electrons. The number of hydrogen-bond donors (Lipinski definition) is 1. The first-order valence-electron chi connectivity index (χ1n) is 4.42. The van der Waals surface area contributed by atoms with Gasteiger partial charge in [-0.05, 0) is 0 Å². The van der Waals surface area contributed by atoms with Crippen LogP contribution in [0.2, 0.25) is 0 Å². The highest BCUT2D eigenvalue weighted by Crippen LogP contribution is 1.85. The van der Waals surface area contributed by atoms with Crippen molar-refractivity contribution in [2.45, 2.75) is 13.8 Å². The summed E-state index contributed by atoms with van der Waals surface area (Å²) in [5.74, 6) is 6.89. The Bertz CT molecular complexity index is 285. The Morgan fingerprint density at radius 2 is 2.21 bits per heavy atom. The first-order chi connectivity index (χ1) is 6.57. The van der Waals surface area contributed by atoms with Crippen LogP contribution in [0.1, 0.15) is 13.8 Å². The summed E-state index contributed by atoms with van der Waals surface area (Å²) in [5, 5.41) is 6.56. The fourth-order valence-electron chi connectivity index (χ4n) is 0.709. The van der Waals surface area contributed by atoms with E-state index in [0.717, 1.165) is 0 Å². The molecule has 4 heteroatoms. The number of rotatable bonds is 1. The van der Waals surface area contributed by atoms with E-state index in [1.807, 2.05) is 27.9 Å². The maximum atomic E-state index is 6.61. The van der Waals surface area contributed by atoms with Crippen molar-refractivity contribution in [3.63, 3.8) is 0 Å². The normalized spacial score (nSPS) is 10.1. The van der Waals surface area contributed by atoms with Gasteiger partial charge in [-0.2, -0.15) is 6.57 Å². The minimum Gasteiger partial charge on any atom is -0.343 e. The number of nitrogens with zero attached hydrogens (tertiary/aromatic N) is 3. The van der Waals surface area contributed by atoms with E-state index in [1.165, 1.54) is 0 Å². The lowest BCUT2D eigenvalue weighted by atomic mass is 10.2. The van der Waals surface area contributed by atoms with Gasteiger partial charge in [0.05, 0.1) is 6.54 Å². The third kappa shape index (κ3) is 5.91. The fraction of sp³-hybridized carbons (Fsp3) is 0.600. The van der Waals surface area contributed by atoms with Gasteiger partial charge in [-0.3, -0.25) is 0 Å². The molecule has 0 aromatic heterocycles. The van der Waals surface area contributed by atoms with Crippen molar-refractivity contribution in [3.05, 3.63) is 11.5 Å². The van der Waals surface area contributed by atoms with Crippen LogP contribution < -0.4 is 5.32 Å². The van der Waals surface area contributed by atoms with E-state index in [0.29, 0.717) is 18.4 Å². The zero-order chi connectivity index (χ0) is 11.0. The Kier molecular flexibility index (Phi) is 5.98. The Morgan fingerprint density at radius 3 is 2.64 bits per heavy atom. The minimum absolute atomic E-state index is 0.373. The standard InChI is InChI=1S/C10H16N4/c1-9(2)7-6-8-12-10(13-11-3)14(4)5/h9H,8H2,1-2,4-5H3,(H,12,13). The molecule has 14 heavy (non-hydrogen) atoms. The lowest BCUT2D eigenvalue weighted by Crippen LogP contribution is -2.36. The van der Waals surface area contributed by atoms with Crippen LogP contribution in [0.4, 0.5) is 0 Å². The second kappa shape index (κ2) is 6.80. The molecule has 0 radical (unpaired) electrons. The first kappa shape index (κ1) is 12.3. The van der Waals surface area contributed by atoms with E-state index in [1.54, 1.807) is 4.90 Å². The van der Waals surface area contributed by atoms with Crippen LogP contribution in [0, 0.1) is 24.3 Å². The molecule has 0 aromatic rings. The summed E-state index contributed by atoms with van der Waals surface area (Å²) in [4.78, 5) is 4.70. The summed E-state index contributed by atoms with van der Waals surface area (Å²) in [6.45, 7) is 11.2. The molecule has 1 N–H and O–H groups in total. The second-order valence-electron chi connectivity index (χ2n) is 3.25. The largest absolute Gasteiger partial charge is 0.343 e. The molecular formula is C10H16N4. The third-order valence-corrected chi connectivity index (χ3v) is 1.29. The molecule has 0 amide bonds. The molecule has 0 unspecified atom stereocenters. The SMILES string of the molecule is [C-]#[N+]/N=C(/NCC#CC(C)C)N(C)C. The molecular weight excluding hydrogens is 176 g/mol. The number of guanidine groups is 1. The maximum absolute atomic E-state index is 6.61. The van der Waals surface area contributed by atoms with Crippen LogP contribution in [0.3, 0.4) is 0 Å². The van der Waals surface area contributed by atoms with Crippen LogP contribution in [0.5, 0.6) is 0 Å².